The van der Waals surface area contributed by atoms with Crippen LogP contribution in [-0.4, -0.2) is 24.4 Å². The van der Waals surface area contributed by atoms with Crippen molar-refractivity contribution in [3.05, 3.63) is 91.3 Å². The van der Waals surface area contributed by atoms with Crippen LogP contribution in [0.4, 0.5) is 0 Å². The molecule has 0 saturated heterocycles. The average molecular weight is 475 g/mol. The maximum absolute atomic E-state index is 12.3. The van der Waals surface area contributed by atoms with Crippen LogP contribution in [0.3, 0.4) is 0 Å². The summed E-state index contributed by atoms with van der Waals surface area (Å²) in [5.41, 5.74) is 5.10. The zero-order valence-corrected chi connectivity index (χ0v) is 19.4. The highest BCUT2D eigenvalue weighted by Gasteiger charge is 2.23. The molecule has 0 radical (unpaired) electrons. The topological polar surface area (TPSA) is 68.5 Å². The highest BCUT2D eigenvalue weighted by Crippen LogP contribution is 2.35. The zero-order valence-electron chi connectivity index (χ0n) is 17.0. The van der Waals surface area contributed by atoms with Gasteiger partial charge in [-0.2, -0.15) is 0 Å². The van der Waals surface area contributed by atoms with E-state index in [2.05, 4.69) is 0 Å². The average Bonchev–Trinajstić information content (AvgIpc) is 2.87. The lowest BCUT2D eigenvalue weighted by atomic mass is 9.92. The number of nitrogens with zero attached hydrogens (tertiary/aromatic N) is 2. The van der Waals surface area contributed by atoms with Gasteiger partial charge in [0.25, 0.3) is 5.56 Å². The van der Waals surface area contributed by atoms with Crippen LogP contribution in [0.2, 0.25) is 10.0 Å². The first-order valence-electron chi connectivity index (χ1n) is 9.72. The number of benzene rings is 2. The molecule has 5 nitrogen and oxygen atoms in total. The lowest BCUT2D eigenvalue weighted by Crippen LogP contribution is -2.16. The van der Waals surface area contributed by atoms with Crippen LogP contribution < -0.4 is 5.56 Å². The summed E-state index contributed by atoms with van der Waals surface area (Å²) in [6.45, 7) is 1.93. The number of aryl methyl sites for hydroxylation is 1. The Morgan fingerprint density at radius 3 is 2.52 bits per heavy atom. The maximum Gasteiger partial charge on any atom is 0.250 e. The lowest BCUT2D eigenvalue weighted by Gasteiger charge is -2.15. The van der Waals surface area contributed by atoms with Crippen LogP contribution in [0.15, 0.2) is 58.4 Å². The molecule has 2 heterocycles. The van der Waals surface area contributed by atoms with Gasteiger partial charge in [-0.25, -0.2) is 8.42 Å². The predicted molar refractivity (Wildman–Crippen MR) is 126 cm³/mol. The molecule has 0 fully saturated rings. The van der Waals surface area contributed by atoms with E-state index >= 15 is 0 Å². The normalized spacial score (nSPS) is 13.2. The minimum Gasteiger partial charge on any atom is -0.318 e. The van der Waals surface area contributed by atoms with Crippen molar-refractivity contribution in [3.63, 3.8) is 0 Å². The van der Waals surface area contributed by atoms with Crippen molar-refractivity contribution in [1.29, 1.82) is 0 Å². The van der Waals surface area contributed by atoms with E-state index in [0.29, 0.717) is 33.4 Å². The predicted octanol–water partition coefficient (Wildman–Crippen LogP) is 4.64. The molecule has 1 aromatic heterocycles. The molecule has 0 amide bonds. The molecule has 0 N–H and O–H groups in total. The Bertz CT molecular complexity index is 1390. The van der Waals surface area contributed by atoms with Gasteiger partial charge < -0.3 is 4.57 Å². The molecular formula is C23H20Cl2N2O3S. The minimum atomic E-state index is -3.20. The molecule has 160 valence electrons. The molecule has 0 atom stereocenters. The smallest absolute Gasteiger partial charge is 0.250 e. The van der Waals surface area contributed by atoms with Crippen LogP contribution >= 0.6 is 23.2 Å². The van der Waals surface area contributed by atoms with Gasteiger partial charge in [-0.05, 0) is 41.0 Å². The molecule has 0 spiro atoms. The fourth-order valence-electron chi connectivity index (χ4n) is 3.67. The van der Waals surface area contributed by atoms with E-state index in [9.17, 15) is 13.2 Å². The van der Waals surface area contributed by atoms with Crippen LogP contribution in [-0.2, 0) is 29.2 Å². The number of pyridine rings is 1. The molecule has 0 saturated carbocycles. The second-order valence-electron chi connectivity index (χ2n) is 7.51. The van der Waals surface area contributed by atoms with Gasteiger partial charge >= 0.3 is 0 Å². The molecule has 4 rings (SSSR count). The van der Waals surface area contributed by atoms with Crippen molar-refractivity contribution in [2.75, 3.05) is 5.75 Å². The Kier molecular flexibility index (Phi) is 5.81. The largest absolute Gasteiger partial charge is 0.318 e. The summed E-state index contributed by atoms with van der Waals surface area (Å²) in [7, 11) is -1.51. The van der Waals surface area contributed by atoms with Gasteiger partial charge in [0.15, 0.2) is 9.84 Å². The Labute approximate surface area is 190 Å². The number of sulfone groups is 1. The third-order valence-electron chi connectivity index (χ3n) is 5.36. The number of aromatic nitrogens is 1. The van der Waals surface area contributed by atoms with E-state index in [-0.39, 0.29) is 17.1 Å². The van der Waals surface area contributed by atoms with E-state index < -0.39 is 9.84 Å². The molecule has 0 bridgehead atoms. The van der Waals surface area contributed by atoms with Crippen molar-refractivity contribution >= 4 is 38.8 Å². The number of hydrogen-bond donors (Lipinski definition) is 0. The Hall–Kier alpha value is -2.41. The third kappa shape index (κ3) is 4.33. The molecule has 3 aromatic rings. The molecule has 1 aliphatic rings. The van der Waals surface area contributed by atoms with E-state index in [1.165, 1.54) is 4.57 Å². The van der Waals surface area contributed by atoms with Crippen LogP contribution in [0.1, 0.15) is 29.2 Å². The quantitative estimate of drug-likeness (QED) is 0.552. The summed E-state index contributed by atoms with van der Waals surface area (Å²) in [5, 5.41) is 1.04. The SMILES string of the molecule is CCS(=O)(=O)Cc1ccc2c(c1)-c1cn(C)c(=O)cc1CN=C2c1cc(Cl)ccc1Cl. The molecule has 8 heteroatoms. The number of halogens is 2. The number of aliphatic imine (C=N–C) groups is 1. The second-order valence-corrected chi connectivity index (χ2v) is 10.7. The Balaban J connectivity index is 1.99. The van der Waals surface area contributed by atoms with Crippen LogP contribution in [0.5, 0.6) is 0 Å². The molecule has 0 unspecified atom stereocenters. The van der Waals surface area contributed by atoms with E-state index in [1.54, 1.807) is 50.5 Å². The third-order valence-corrected chi connectivity index (χ3v) is 7.58. The van der Waals surface area contributed by atoms with E-state index in [1.807, 2.05) is 12.1 Å². The van der Waals surface area contributed by atoms with Gasteiger partial charge in [0, 0.05) is 46.8 Å². The van der Waals surface area contributed by atoms with Crippen LogP contribution in [0, 0.1) is 0 Å². The van der Waals surface area contributed by atoms with E-state index in [0.717, 1.165) is 22.3 Å². The van der Waals surface area contributed by atoms with Crippen molar-refractivity contribution in [1.82, 2.24) is 4.57 Å². The summed E-state index contributed by atoms with van der Waals surface area (Å²) in [6, 6.07) is 12.3. The molecular weight excluding hydrogens is 455 g/mol. The van der Waals surface area contributed by atoms with Gasteiger partial charge in [0.2, 0.25) is 0 Å². The first kappa shape index (κ1) is 21.8. The molecule has 1 aliphatic heterocycles. The first-order valence-corrected chi connectivity index (χ1v) is 12.3. The van der Waals surface area contributed by atoms with Gasteiger partial charge in [0.05, 0.1) is 23.0 Å². The number of hydrogen-bond acceptors (Lipinski definition) is 4. The van der Waals surface area contributed by atoms with Gasteiger partial charge in [-0.1, -0.05) is 42.3 Å². The standard InChI is InChI=1S/C23H20Cl2N2O3S/c1-3-31(29,30)13-14-4-6-17-18(8-14)20-12-27(2)22(28)9-15(20)11-26-23(17)19-10-16(24)5-7-21(19)25/h4-10,12H,3,11,13H2,1-2H3. The molecule has 31 heavy (non-hydrogen) atoms. The monoisotopic (exact) mass is 474 g/mol. The fraction of sp³-hybridized carbons (Fsp3) is 0.217. The fourth-order valence-corrected chi connectivity index (χ4v) is 4.94. The Morgan fingerprint density at radius 2 is 1.77 bits per heavy atom. The first-order chi connectivity index (χ1) is 14.7. The van der Waals surface area contributed by atoms with Gasteiger partial charge in [-0.15, -0.1) is 0 Å². The van der Waals surface area contributed by atoms with Gasteiger partial charge in [0.1, 0.15) is 0 Å². The summed E-state index contributed by atoms with van der Waals surface area (Å²) in [5.74, 6) is 0.0162. The molecule has 2 aromatic carbocycles. The Morgan fingerprint density at radius 1 is 1.00 bits per heavy atom. The van der Waals surface area contributed by atoms with E-state index in [4.69, 9.17) is 28.2 Å². The number of fused-ring (bicyclic) bond motifs is 3. The minimum absolute atomic E-state index is 0.0533. The van der Waals surface area contributed by atoms with Gasteiger partial charge in [-0.3, -0.25) is 9.79 Å². The summed E-state index contributed by atoms with van der Waals surface area (Å²) >= 11 is 12.7. The summed E-state index contributed by atoms with van der Waals surface area (Å²) in [4.78, 5) is 17.0. The highest BCUT2D eigenvalue weighted by molar-refractivity contribution is 7.90. The van der Waals surface area contributed by atoms with Crippen molar-refractivity contribution in [2.45, 2.75) is 19.2 Å². The summed E-state index contributed by atoms with van der Waals surface area (Å²) < 4.78 is 25.9. The van der Waals surface area contributed by atoms with Crippen molar-refractivity contribution in [2.24, 2.45) is 12.0 Å². The second kappa shape index (κ2) is 8.26. The maximum atomic E-state index is 12.3. The van der Waals surface area contributed by atoms with Crippen molar-refractivity contribution < 1.29 is 8.42 Å². The summed E-state index contributed by atoms with van der Waals surface area (Å²) in [6.07, 6.45) is 1.77. The van der Waals surface area contributed by atoms with Crippen molar-refractivity contribution in [3.8, 4) is 11.1 Å². The number of rotatable bonds is 4. The van der Waals surface area contributed by atoms with Crippen LogP contribution in [0.25, 0.3) is 11.1 Å². The highest BCUT2D eigenvalue weighted by atomic mass is 35.5. The zero-order chi connectivity index (χ0) is 22.3. The lowest BCUT2D eigenvalue weighted by molar-refractivity contribution is 0.596. The molecule has 0 aliphatic carbocycles.